The number of piperidine rings is 1. The van der Waals surface area contributed by atoms with E-state index in [2.05, 4.69) is 11.9 Å². The van der Waals surface area contributed by atoms with E-state index in [0.717, 1.165) is 13.0 Å². The van der Waals surface area contributed by atoms with Crippen molar-refractivity contribution in [1.29, 1.82) is 0 Å². The van der Waals surface area contributed by atoms with Crippen LogP contribution >= 0.6 is 0 Å². The van der Waals surface area contributed by atoms with Crippen molar-refractivity contribution in [2.45, 2.75) is 31.7 Å². The van der Waals surface area contributed by atoms with Gasteiger partial charge in [0.05, 0.1) is 5.92 Å². The second-order valence-electron chi connectivity index (χ2n) is 5.17. The van der Waals surface area contributed by atoms with Crippen molar-refractivity contribution in [3.05, 3.63) is 0 Å². The lowest BCUT2D eigenvalue weighted by molar-refractivity contribution is -0.141. The minimum absolute atomic E-state index is 0.00336. The Balaban J connectivity index is 1.90. The fraction of sp³-hybridized carbons (Fsp3) is 0.833. The molecule has 0 aromatic carbocycles. The van der Waals surface area contributed by atoms with Gasteiger partial charge >= 0.3 is 5.97 Å². The zero-order valence-electron chi connectivity index (χ0n) is 10.3. The Morgan fingerprint density at radius 3 is 2.82 bits per heavy atom. The molecule has 0 aromatic heterocycles. The lowest BCUT2D eigenvalue weighted by Crippen LogP contribution is -2.45. The lowest BCUT2D eigenvalue weighted by Gasteiger charge is -2.35. The van der Waals surface area contributed by atoms with Gasteiger partial charge in [-0.2, -0.15) is 0 Å². The van der Waals surface area contributed by atoms with Crippen LogP contribution in [0.3, 0.4) is 0 Å². The van der Waals surface area contributed by atoms with Crippen LogP contribution in [0.1, 0.15) is 25.7 Å². The molecule has 2 heterocycles. The van der Waals surface area contributed by atoms with Crippen LogP contribution < -0.4 is 0 Å². The third kappa shape index (κ3) is 2.77. The molecule has 2 fully saturated rings. The van der Waals surface area contributed by atoms with Crippen LogP contribution in [0.5, 0.6) is 0 Å². The summed E-state index contributed by atoms with van der Waals surface area (Å²) in [6, 6.07) is 0.403. The number of likely N-dealkylation sites (tertiary alicyclic amines) is 2. The molecule has 5 nitrogen and oxygen atoms in total. The first-order valence-corrected chi connectivity index (χ1v) is 6.28. The Morgan fingerprint density at radius 2 is 2.24 bits per heavy atom. The molecule has 0 saturated carbocycles. The van der Waals surface area contributed by atoms with E-state index in [1.807, 2.05) is 0 Å². The predicted molar refractivity (Wildman–Crippen MR) is 62.6 cm³/mol. The highest BCUT2D eigenvalue weighted by Gasteiger charge is 2.35. The van der Waals surface area contributed by atoms with Crippen LogP contribution in [0.15, 0.2) is 0 Å². The number of rotatable bonds is 3. The molecule has 2 atom stereocenters. The first kappa shape index (κ1) is 12.4. The van der Waals surface area contributed by atoms with Crippen LogP contribution in [0.2, 0.25) is 0 Å². The Labute approximate surface area is 101 Å². The fourth-order valence-corrected chi connectivity index (χ4v) is 2.74. The van der Waals surface area contributed by atoms with E-state index in [9.17, 15) is 9.59 Å². The summed E-state index contributed by atoms with van der Waals surface area (Å²) in [4.78, 5) is 26.6. The summed E-state index contributed by atoms with van der Waals surface area (Å²) in [5.74, 6) is -1.36. The quantitative estimate of drug-likeness (QED) is 0.776. The van der Waals surface area contributed by atoms with E-state index in [1.165, 1.54) is 12.8 Å². The molecule has 0 aliphatic carbocycles. The maximum atomic E-state index is 11.7. The van der Waals surface area contributed by atoms with Crippen LogP contribution in [0.4, 0.5) is 0 Å². The zero-order chi connectivity index (χ0) is 12.4. The molecule has 5 heteroatoms. The zero-order valence-corrected chi connectivity index (χ0v) is 10.3. The van der Waals surface area contributed by atoms with Crippen molar-refractivity contribution in [2.24, 2.45) is 5.92 Å². The molecule has 1 amide bonds. The summed E-state index contributed by atoms with van der Waals surface area (Å²) >= 11 is 0. The summed E-state index contributed by atoms with van der Waals surface area (Å²) in [7, 11) is 2.08. The maximum absolute atomic E-state index is 11.7. The Hall–Kier alpha value is -1.10. The van der Waals surface area contributed by atoms with E-state index in [1.54, 1.807) is 4.90 Å². The van der Waals surface area contributed by atoms with Gasteiger partial charge in [0.15, 0.2) is 0 Å². The molecule has 2 aliphatic rings. The highest BCUT2D eigenvalue weighted by molar-refractivity contribution is 5.86. The Kier molecular flexibility index (Phi) is 3.66. The van der Waals surface area contributed by atoms with E-state index < -0.39 is 11.9 Å². The molecular weight excluding hydrogens is 220 g/mol. The smallest absolute Gasteiger partial charge is 0.308 e. The van der Waals surface area contributed by atoms with E-state index >= 15 is 0 Å². The van der Waals surface area contributed by atoms with Gasteiger partial charge in [0.1, 0.15) is 0 Å². The molecule has 1 N–H and O–H groups in total. The van der Waals surface area contributed by atoms with Gasteiger partial charge in [0, 0.05) is 25.6 Å². The third-order valence-corrected chi connectivity index (χ3v) is 3.92. The summed E-state index contributed by atoms with van der Waals surface area (Å²) < 4.78 is 0. The minimum atomic E-state index is -0.849. The van der Waals surface area contributed by atoms with Gasteiger partial charge in [-0.15, -0.1) is 0 Å². The van der Waals surface area contributed by atoms with E-state index in [-0.39, 0.29) is 12.3 Å². The largest absolute Gasteiger partial charge is 0.481 e. The number of carboxylic acid groups (broad SMARTS) is 1. The minimum Gasteiger partial charge on any atom is -0.481 e. The van der Waals surface area contributed by atoms with Gasteiger partial charge in [-0.25, -0.2) is 0 Å². The molecular formula is C12H20N2O3. The number of carbonyl (C=O) groups is 2. The first-order valence-electron chi connectivity index (χ1n) is 6.28. The topological polar surface area (TPSA) is 60.9 Å². The molecule has 17 heavy (non-hydrogen) atoms. The van der Waals surface area contributed by atoms with Crippen LogP contribution in [0, 0.1) is 5.92 Å². The second kappa shape index (κ2) is 5.04. The summed E-state index contributed by atoms with van der Waals surface area (Å²) in [6.45, 7) is 2.16. The lowest BCUT2D eigenvalue weighted by atomic mass is 10.0. The maximum Gasteiger partial charge on any atom is 0.308 e. The number of aliphatic carboxylic acids is 1. The SMILES string of the molecule is CN1CCCCC1CN1CC(C(=O)O)CC1=O. The van der Waals surface area contributed by atoms with Gasteiger partial charge in [0.25, 0.3) is 0 Å². The number of nitrogens with zero attached hydrogens (tertiary/aromatic N) is 2. The second-order valence-corrected chi connectivity index (χ2v) is 5.17. The van der Waals surface area contributed by atoms with Gasteiger partial charge < -0.3 is 14.9 Å². The van der Waals surface area contributed by atoms with Gasteiger partial charge in [-0.3, -0.25) is 9.59 Å². The number of carboxylic acids is 1. The van der Waals surface area contributed by atoms with Gasteiger partial charge in [-0.05, 0) is 26.4 Å². The molecule has 96 valence electrons. The molecule has 0 radical (unpaired) electrons. The van der Waals surface area contributed by atoms with Crippen molar-refractivity contribution in [3.8, 4) is 0 Å². The Morgan fingerprint density at radius 1 is 1.47 bits per heavy atom. The molecule has 0 bridgehead atoms. The average Bonchev–Trinajstić information content (AvgIpc) is 2.64. The highest BCUT2D eigenvalue weighted by atomic mass is 16.4. The monoisotopic (exact) mass is 240 g/mol. The number of hydrogen-bond donors (Lipinski definition) is 1. The van der Waals surface area contributed by atoms with Crippen LogP contribution in [-0.2, 0) is 9.59 Å². The normalized spacial score (nSPS) is 30.9. The molecule has 2 saturated heterocycles. The number of amides is 1. The predicted octanol–water partition coefficient (Wildman–Crippen LogP) is 0.404. The van der Waals surface area contributed by atoms with Crippen LogP contribution in [-0.4, -0.2) is 59.5 Å². The Bertz CT molecular complexity index is 319. The van der Waals surface area contributed by atoms with Gasteiger partial charge in [0.2, 0.25) is 5.91 Å². The summed E-state index contributed by atoms with van der Waals surface area (Å²) in [5.41, 5.74) is 0. The number of carbonyl (C=O) groups excluding carboxylic acids is 1. The fourth-order valence-electron chi connectivity index (χ4n) is 2.74. The van der Waals surface area contributed by atoms with Crippen molar-refractivity contribution in [2.75, 3.05) is 26.7 Å². The molecule has 2 aliphatic heterocycles. The first-order chi connectivity index (χ1) is 8.08. The molecule has 0 aromatic rings. The van der Waals surface area contributed by atoms with E-state index in [4.69, 9.17) is 5.11 Å². The van der Waals surface area contributed by atoms with Gasteiger partial charge in [-0.1, -0.05) is 6.42 Å². The van der Waals surface area contributed by atoms with E-state index in [0.29, 0.717) is 19.1 Å². The van der Waals surface area contributed by atoms with Crippen molar-refractivity contribution in [3.63, 3.8) is 0 Å². The standard InChI is InChI=1S/C12H20N2O3/c1-13-5-3-2-4-10(13)8-14-7-9(12(16)17)6-11(14)15/h9-10H,2-8H2,1H3,(H,16,17). The summed E-state index contributed by atoms with van der Waals surface area (Å²) in [6.07, 6.45) is 3.71. The van der Waals surface area contributed by atoms with Crippen molar-refractivity contribution in [1.82, 2.24) is 9.80 Å². The average molecular weight is 240 g/mol. The highest BCUT2D eigenvalue weighted by Crippen LogP contribution is 2.22. The van der Waals surface area contributed by atoms with Crippen molar-refractivity contribution < 1.29 is 14.7 Å². The molecule has 2 rings (SSSR count). The summed E-state index contributed by atoms with van der Waals surface area (Å²) in [5, 5.41) is 8.92. The molecule has 0 spiro atoms. The van der Waals surface area contributed by atoms with Crippen molar-refractivity contribution >= 4 is 11.9 Å². The number of likely N-dealkylation sites (N-methyl/N-ethyl adjacent to an activating group) is 1. The third-order valence-electron chi connectivity index (χ3n) is 3.92. The molecule has 2 unspecified atom stereocenters. The number of hydrogen-bond acceptors (Lipinski definition) is 3. The van der Waals surface area contributed by atoms with Crippen LogP contribution in [0.25, 0.3) is 0 Å².